The molecule has 4 nitrogen and oxygen atoms in total. The van der Waals surface area contributed by atoms with Crippen molar-refractivity contribution in [2.45, 2.75) is 51.2 Å². The summed E-state index contributed by atoms with van der Waals surface area (Å²) in [4.78, 5) is 12.2. The number of hydrogen-bond donors (Lipinski definition) is 3. The number of amides is 1. The smallest absolute Gasteiger partial charge is 0.247 e. The second-order valence-corrected chi connectivity index (χ2v) is 8.81. The number of hydroxylamine groups is 1. The highest BCUT2D eigenvalue weighted by Gasteiger charge is 2.36. The zero-order valence-corrected chi connectivity index (χ0v) is 14.7. The number of nitrogens with one attached hydrogen (secondary N) is 1. The Morgan fingerprint density at radius 2 is 2.14 bits per heavy atom. The molecule has 5 heteroatoms. The minimum atomic E-state index is -0.519. The average molecular weight is 327 g/mol. The molecular weight excluding hydrogens is 298 g/mol. The zero-order chi connectivity index (χ0) is 16.1. The van der Waals surface area contributed by atoms with Crippen LogP contribution in [0.2, 0.25) is 0 Å². The summed E-state index contributed by atoms with van der Waals surface area (Å²) in [5, 5.41) is 13.8. The lowest BCUT2D eigenvalue weighted by molar-refractivity contribution is -0.134. The van der Waals surface area contributed by atoms with E-state index in [1.165, 1.54) is 25.7 Å². The molecule has 2 aliphatic rings. The Bertz CT molecular complexity index is 441. The fraction of sp³-hybridized carbons (Fsp3) is 0.706. The maximum absolute atomic E-state index is 12.2. The normalized spacial score (nSPS) is 26.0. The second kappa shape index (κ2) is 8.06. The molecule has 0 aromatic carbocycles. The van der Waals surface area contributed by atoms with Gasteiger partial charge in [0.2, 0.25) is 5.91 Å². The Labute approximate surface area is 136 Å². The minimum absolute atomic E-state index is 0.159. The molecule has 2 rings (SSSR count). The first-order valence-corrected chi connectivity index (χ1v) is 9.77. The van der Waals surface area contributed by atoms with E-state index < -0.39 is 10.9 Å². The largest absolute Gasteiger partial charge is 0.496 e. The van der Waals surface area contributed by atoms with Gasteiger partial charge in [-0.1, -0.05) is 39.5 Å². The first-order valence-electron chi connectivity index (χ1n) is 8.22. The van der Waals surface area contributed by atoms with Crippen LogP contribution in [0.25, 0.3) is 0 Å². The van der Waals surface area contributed by atoms with Crippen molar-refractivity contribution < 1.29 is 14.7 Å². The molecule has 1 heterocycles. The van der Waals surface area contributed by atoms with Gasteiger partial charge in [0.05, 0.1) is 13.0 Å². The summed E-state index contributed by atoms with van der Waals surface area (Å²) in [6.45, 7) is 4.13. The minimum Gasteiger partial charge on any atom is -0.496 e. The Morgan fingerprint density at radius 1 is 1.45 bits per heavy atom. The van der Waals surface area contributed by atoms with Crippen LogP contribution in [0.1, 0.15) is 46.0 Å². The van der Waals surface area contributed by atoms with Gasteiger partial charge in [-0.3, -0.25) is 10.0 Å². The van der Waals surface area contributed by atoms with Gasteiger partial charge in [0.1, 0.15) is 5.76 Å². The van der Waals surface area contributed by atoms with Crippen molar-refractivity contribution in [2.75, 3.05) is 7.11 Å². The topological polar surface area (TPSA) is 58.6 Å². The Kier molecular flexibility index (Phi) is 6.38. The summed E-state index contributed by atoms with van der Waals surface area (Å²) >= 11 is 0. The quantitative estimate of drug-likeness (QED) is 0.379. The van der Waals surface area contributed by atoms with Gasteiger partial charge >= 0.3 is 0 Å². The van der Waals surface area contributed by atoms with Gasteiger partial charge in [0, 0.05) is 5.25 Å². The van der Waals surface area contributed by atoms with Crippen LogP contribution in [-0.4, -0.2) is 23.5 Å². The fourth-order valence-electron chi connectivity index (χ4n) is 3.76. The van der Waals surface area contributed by atoms with E-state index in [-0.39, 0.29) is 23.0 Å². The number of allylic oxidation sites excluding steroid dienone is 1. The summed E-state index contributed by atoms with van der Waals surface area (Å²) in [5.74, 6) is 1.42. The monoisotopic (exact) mass is 327 g/mol. The van der Waals surface area contributed by atoms with Crippen molar-refractivity contribution in [1.29, 1.82) is 0 Å². The molecule has 22 heavy (non-hydrogen) atoms. The summed E-state index contributed by atoms with van der Waals surface area (Å²) in [5.41, 5.74) is 1.90. The Balaban J connectivity index is 2.21. The number of hydrogen-bond acceptors (Lipinski definition) is 3. The van der Waals surface area contributed by atoms with Crippen LogP contribution >= 0.6 is 10.9 Å². The van der Waals surface area contributed by atoms with Crippen LogP contribution < -0.4 is 5.48 Å². The summed E-state index contributed by atoms with van der Waals surface area (Å²) in [7, 11) is 1.16. The Morgan fingerprint density at radius 3 is 2.64 bits per heavy atom. The van der Waals surface area contributed by atoms with Gasteiger partial charge in [0.25, 0.3) is 0 Å². The number of ether oxygens (including phenoxy) is 1. The molecule has 1 amide bonds. The van der Waals surface area contributed by atoms with E-state index in [0.29, 0.717) is 5.92 Å². The zero-order valence-electron chi connectivity index (χ0n) is 13.8. The molecule has 0 aromatic rings. The van der Waals surface area contributed by atoms with Crippen LogP contribution in [0.5, 0.6) is 0 Å². The molecule has 1 aliphatic heterocycles. The van der Waals surface area contributed by atoms with E-state index >= 15 is 0 Å². The molecule has 0 spiro atoms. The predicted molar refractivity (Wildman–Crippen MR) is 91.8 cm³/mol. The molecule has 3 unspecified atom stereocenters. The molecule has 0 saturated heterocycles. The van der Waals surface area contributed by atoms with E-state index in [1.807, 2.05) is 11.6 Å². The van der Waals surface area contributed by atoms with E-state index in [0.717, 1.165) is 12.2 Å². The highest BCUT2D eigenvalue weighted by Crippen LogP contribution is 2.49. The summed E-state index contributed by atoms with van der Waals surface area (Å²) in [6, 6.07) is 0. The molecule has 126 valence electrons. The van der Waals surface area contributed by atoms with Crippen LogP contribution in [-0.2, 0) is 9.53 Å². The lowest BCUT2D eigenvalue weighted by atomic mass is 9.86. The Hall–Kier alpha value is -0.940. The first-order chi connectivity index (χ1) is 10.6. The highest BCUT2D eigenvalue weighted by molar-refractivity contribution is 8.22. The summed E-state index contributed by atoms with van der Waals surface area (Å²) in [6.07, 6.45) is 8.25. The van der Waals surface area contributed by atoms with Gasteiger partial charge in [-0.05, 0) is 35.1 Å². The molecule has 0 aromatic heterocycles. The molecule has 1 saturated carbocycles. The van der Waals surface area contributed by atoms with Crippen molar-refractivity contribution in [1.82, 2.24) is 5.48 Å². The maximum atomic E-state index is 12.2. The lowest BCUT2D eigenvalue weighted by Crippen LogP contribution is -2.39. The van der Waals surface area contributed by atoms with Crippen molar-refractivity contribution in [3.63, 3.8) is 0 Å². The third-order valence-corrected chi connectivity index (χ3v) is 7.25. The number of carbonyl (C=O) groups excluding carboxylic acids is 1. The van der Waals surface area contributed by atoms with Gasteiger partial charge in [-0.25, -0.2) is 16.4 Å². The first kappa shape index (κ1) is 17.4. The standard InChI is InChI=1S/C17H29NO3S/c1-12(2)16(17(19)18-20)15(10-13-6-4-5-7-13)22-9-8-14(11-22)21-3/h8-9,11-13,15-16,20,22H,4-7,10H2,1-3H3,(H,18,19). The third-order valence-electron chi connectivity index (χ3n) is 4.90. The van der Waals surface area contributed by atoms with E-state index in [4.69, 9.17) is 9.94 Å². The van der Waals surface area contributed by atoms with Gasteiger partial charge < -0.3 is 4.74 Å². The van der Waals surface area contributed by atoms with Gasteiger partial charge in [-0.2, -0.15) is 0 Å². The molecular formula is C17H29NO3S. The molecule has 1 fully saturated rings. The van der Waals surface area contributed by atoms with Crippen LogP contribution in [0.4, 0.5) is 0 Å². The van der Waals surface area contributed by atoms with E-state index in [2.05, 4.69) is 24.7 Å². The predicted octanol–water partition coefficient (Wildman–Crippen LogP) is 3.73. The SMILES string of the molecule is COC1=C[SH](C(CC2CCCC2)C(C(=O)NO)C(C)C)C=C1. The maximum Gasteiger partial charge on any atom is 0.247 e. The molecule has 2 N–H and O–H groups in total. The number of methoxy groups -OCH3 is 1. The van der Waals surface area contributed by atoms with Crippen LogP contribution in [0.3, 0.4) is 0 Å². The van der Waals surface area contributed by atoms with Crippen molar-refractivity contribution >= 4 is 16.8 Å². The van der Waals surface area contributed by atoms with Crippen molar-refractivity contribution in [3.05, 3.63) is 22.7 Å². The average Bonchev–Trinajstić information content (AvgIpc) is 3.16. The number of thiol groups is 1. The lowest BCUT2D eigenvalue weighted by Gasteiger charge is -2.35. The number of carbonyl (C=O) groups is 1. The van der Waals surface area contributed by atoms with Gasteiger partial charge in [0.15, 0.2) is 0 Å². The molecule has 1 aliphatic carbocycles. The van der Waals surface area contributed by atoms with E-state index in [1.54, 1.807) is 7.11 Å². The summed E-state index contributed by atoms with van der Waals surface area (Å²) < 4.78 is 5.33. The van der Waals surface area contributed by atoms with Crippen molar-refractivity contribution in [3.8, 4) is 0 Å². The molecule has 0 bridgehead atoms. The fourth-order valence-corrected chi connectivity index (χ4v) is 6.45. The molecule has 3 atom stereocenters. The van der Waals surface area contributed by atoms with Crippen LogP contribution in [0, 0.1) is 17.8 Å². The van der Waals surface area contributed by atoms with Crippen molar-refractivity contribution in [2.24, 2.45) is 17.8 Å². The third kappa shape index (κ3) is 4.07. The van der Waals surface area contributed by atoms with Gasteiger partial charge in [-0.15, -0.1) is 0 Å². The second-order valence-electron chi connectivity index (χ2n) is 6.70. The molecule has 0 radical (unpaired) electrons. The van der Waals surface area contributed by atoms with Crippen LogP contribution in [0.15, 0.2) is 22.7 Å². The highest BCUT2D eigenvalue weighted by atomic mass is 32.2. The number of rotatable bonds is 7. The van der Waals surface area contributed by atoms with E-state index in [9.17, 15) is 4.79 Å².